The first-order chi connectivity index (χ1) is 17.6. The molecule has 1 saturated heterocycles. The lowest BCUT2D eigenvalue weighted by Gasteiger charge is -2.31. The lowest BCUT2D eigenvalue weighted by atomic mass is 10.0. The molecule has 0 bridgehead atoms. The highest BCUT2D eigenvalue weighted by Gasteiger charge is 2.39. The number of alkyl halides is 1. The first-order valence-corrected chi connectivity index (χ1v) is 12.4. The average molecular weight is 521 g/mol. The number of aliphatic imine (C=N–C) groups is 1. The molecule has 204 valence electrons. The fourth-order valence-electron chi connectivity index (χ4n) is 4.07. The molecule has 1 unspecified atom stereocenters. The number of hydrogen-bond acceptors (Lipinski definition) is 6. The summed E-state index contributed by atoms with van der Waals surface area (Å²) < 4.78 is 18.4. The highest BCUT2D eigenvalue weighted by Crippen LogP contribution is 2.21. The van der Waals surface area contributed by atoms with E-state index in [4.69, 9.17) is 16.2 Å². The number of benzene rings is 1. The highest BCUT2D eigenvalue weighted by atomic mass is 19.1. The maximum Gasteiger partial charge on any atom is 0.408 e. The molecule has 1 aromatic carbocycles. The van der Waals surface area contributed by atoms with Crippen molar-refractivity contribution in [3.8, 4) is 0 Å². The molecule has 0 spiro atoms. The Morgan fingerprint density at radius 3 is 2.49 bits per heavy atom. The van der Waals surface area contributed by atoms with Crippen LogP contribution in [0.3, 0.4) is 0 Å². The Hall–Kier alpha value is -3.70. The van der Waals surface area contributed by atoms with Gasteiger partial charge >= 0.3 is 6.09 Å². The Bertz CT molecular complexity index is 954. The number of carbonyl (C=O) groups excluding carboxylic acids is 4. The minimum atomic E-state index is -1.23. The number of likely N-dealkylation sites (tertiary alicyclic amines) is 1. The number of ether oxygens (including phenoxy) is 1. The Morgan fingerprint density at radius 2 is 1.86 bits per heavy atom. The Balaban J connectivity index is 2.01. The fraction of sp³-hybridized carbons (Fsp3) is 0.560. The van der Waals surface area contributed by atoms with Crippen LogP contribution in [0.15, 0.2) is 35.3 Å². The van der Waals surface area contributed by atoms with Gasteiger partial charge in [0.25, 0.3) is 0 Å². The fourth-order valence-corrected chi connectivity index (χ4v) is 4.07. The highest BCUT2D eigenvalue weighted by molar-refractivity contribution is 5.95. The number of halogens is 1. The van der Waals surface area contributed by atoms with E-state index >= 15 is 0 Å². The van der Waals surface area contributed by atoms with E-state index < -0.39 is 48.5 Å². The molecule has 11 nitrogen and oxygen atoms in total. The van der Waals surface area contributed by atoms with Crippen LogP contribution in [-0.4, -0.2) is 72.4 Å². The third-order valence-corrected chi connectivity index (χ3v) is 6.04. The van der Waals surface area contributed by atoms with Crippen LogP contribution in [-0.2, 0) is 25.7 Å². The molecule has 0 radical (unpaired) electrons. The summed E-state index contributed by atoms with van der Waals surface area (Å²) in [5, 5.41) is 5.20. The van der Waals surface area contributed by atoms with Crippen LogP contribution < -0.4 is 22.1 Å². The van der Waals surface area contributed by atoms with Gasteiger partial charge in [-0.15, -0.1) is 0 Å². The number of nitrogens with zero attached hydrogens (tertiary/aromatic N) is 2. The van der Waals surface area contributed by atoms with Crippen molar-refractivity contribution in [2.45, 2.75) is 64.3 Å². The molecule has 37 heavy (non-hydrogen) atoms. The number of amides is 3. The molecule has 0 saturated carbocycles. The van der Waals surface area contributed by atoms with Crippen LogP contribution >= 0.6 is 0 Å². The van der Waals surface area contributed by atoms with Gasteiger partial charge in [0, 0.05) is 13.1 Å². The normalized spacial score (nSPS) is 16.5. The van der Waals surface area contributed by atoms with E-state index in [1.807, 2.05) is 30.3 Å². The van der Waals surface area contributed by atoms with Gasteiger partial charge in [-0.3, -0.25) is 19.4 Å². The van der Waals surface area contributed by atoms with Gasteiger partial charge in [0.15, 0.2) is 11.7 Å². The zero-order chi connectivity index (χ0) is 27.4. The summed E-state index contributed by atoms with van der Waals surface area (Å²) in [6, 6.07) is 6.30. The molecule has 1 fully saturated rings. The van der Waals surface area contributed by atoms with Crippen molar-refractivity contribution in [3.05, 3.63) is 35.9 Å². The lowest BCUT2D eigenvalue weighted by Crippen LogP contribution is -2.56. The van der Waals surface area contributed by atoms with Crippen LogP contribution in [0.1, 0.15) is 45.1 Å². The van der Waals surface area contributed by atoms with Crippen molar-refractivity contribution in [1.82, 2.24) is 15.5 Å². The quantitative estimate of drug-likeness (QED) is 0.171. The largest absolute Gasteiger partial charge is 0.445 e. The van der Waals surface area contributed by atoms with E-state index in [0.717, 1.165) is 5.56 Å². The van der Waals surface area contributed by atoms with E-state index in [2.05, 4.69) is 15.6 Å². The second kappa shape index (κ2) is 14.8. The molecule has 12 heteroatoms. The van der Waals surface area contributed by atoms with Crippen LogP contribution in [0.4, 0.5) is 9.18 Å². The molecular formula is C25H37FN6O5. The lowest BCUT2D eigenvalue weighted by molar-refractivity contribution is -0.141. The van der Waals surface area contributed by atoms with Crippen LogP contribution in [0, 0.1) is 5.92 Å². The SMILES string of the molecule is CC(C)C(NC(=O)OCc1ccccc1)C(=O)N1CCC[C@H]1C(=O)N[C@@H](CCCN=C(N)N)C(=O)CF. The minimum Gasteiger partial charge on any atom is -0.445 e. The van der Waals surface area contributed by atoms with Crippen molar-refractivity contribution in [3.63, 3.8) is 0 Å². The molecule has 1 aromatic rings. The van der Waals surface area contributed by atoms with E-state index in [1.165, 1.54) is 4.90 Å². The van der Waals surface area contributed by atoms with E-state index in [9.17, 15) is 23.6 Å². The van der Waals surface area contributed by atoms with Gasteiger partial charge < -0.3 is 31.7 Å². The van der Waals surface area contributed by atoms with Crippen molar-refractivity contribution in [2.75, 3.05) is 19.8 Å². The second-order valence-corrected chi connectivity index (χ2v) is 9.23. The molecule has 3 atom stereocenters. The number of nitrogens with two attached hydrogens (primary N) is 2. The van der Waals surface area contributed by atoms with Gasteiger partial charge in [-0.1, -0.05) is 44.2 Å². The summed E-state index contributed by atoms with van der Waals surface area (Å²) in [4.78, 5) is 56.1. The Morgan fingerprint density at radius 1 is 1.16 bits per heavy atom. The maximum absolute atomic E-state index is 13.4. The number of Topliss-reactive ketones (excluding diaryl/α,β-unsaturated/α-hetero) is 1. The smallest absolute Gasteiger partial charge is 0.408 e. The first kappa shape index (κ1) is 29.5. The van der Waals surface area contributed by atoms with Crippen LogP contribution in [0.2, 0.25) is 0 Å². The molecule has 0 aliphatic carbocycles. The molecule has 3 amide bonds. The van der Waals surface area contributed by atoms with Crippen molar-refractivity contribution < 1.29 is 28.3 Å². The standard InChI is InChI=1S/C25H37FN6O5/c1-16(2)21(31-25(36)37-15-17-8-4-3-5-9-17)23(35)32-13-7-11-19(32)22(34)30-18(20(33)14-26)10-6-12-29-24(27)28/h3-5,8-9,16,18-19,21H,6-7,10-15H2,1-2H3,(H,30,34)(H,31,36)(H4,27,28,29)/t18-,19-,21?/m0/s1. The van der Waals surface area contributed by atoms with Crippen LogP contribution in [0.25, 0.3) is 0 Å². The first-order valence-electron chi connectivity index (χ1n) is 12.4. The van der Waals surface area contributed by atoms with Crippen molar-refractivity contribution in [1.29, 1.82) is 0 Å². The Kier molecular flexibility index (Phi) is 11.8. The zero-order valence-electron chi connectivity index (χ0n) is 21.3. The summed E-state index contributed by atoms with van der Waals surface area (Å²) in [5.74, 6) is -2.12. The summed E-state index contributed by atoms with van der Waals surface area (Å²) >= 11 is 0. The van der Waals surface area contributed by atoms with E-state index in [1.54, 1.807) is 13.8 Å². The van der Waals surface area contributed by atoms with Crippen molar-refractivity contribution >= 4 is 29.7 Å². The molecule has 1 heterocycles. The molecule has 2 rings (SSSR count). The number of hydrogen-bond donors (Lipinski definition) is 4. The van der Waals surface area contributed by atoms with Gasteiger partial charge in [0.05, 0.1) is 6.04 Å². The Labute approximate surface area is 216 Å². The van der Waals surface area contributed by atoms with Gasteiger partial charge in [-0.05, 0) is 37.2 Å². The number of alkyl carbamates (subject to hydrolysis) is 1. The second-order valence-electron chi connectivity index (χ2n) is 9.23. The molecule has 6 N–H and O–H groups in total. The third-order valence-electron chi connectivity index (χ3n) is 6.04. The number of nitrogens with one attached hydrogen (secondary N) is 2. The summed E-state index contributed by atoms with van der Waals surface area (Å²) in [7, 11) is 0. The monoisotopic (exact) mass is 520 g/mol. The van der Waals surface area contributed by atoms with Gasteiger partial charge in [-0.2, -0.15) is 0 Å². The average Bonchev–Trinajstić information content (AvgIpc) is 3.37. The summed E-state index contributed by atoms with van der Waals surface area (Å²) in [6.45, 7) is 2.91. The number of carbonyl (C=O) groups is 4. The number of rotatable bonds is 13. The maximum atomic E-state index is 13.4. The van der Waals surface area contributed by atoms with E-state index in [0.29, 0.717) is 25.8 Å². The molecule has 1 aliphatic rings. The van der Waals surface area contributed by atoms with Gasteiger partial charge in [0.2, 0.25) is 11.8 Å². The topological polar surface area (TPSA) is 169 Å². The number of ketones is 1. The summed E-state index contributed by atoms with van der Waals surface area (Å²) in [6.07, 6.45) is 0.706. The van der Waals surface area contributed by atoms with Crippen LogP contribution in [0.5, 0.6) is 0 Å². The third kappa shape index (κ3) is 9.36. The molecular weight excluding hydrogens is 483 g/mol. The molecule has 1 aliphatic heterocycles. The van der Waals surface area contributed by atoms with Crippen molar-refractivity contribution in [2.24, 2.45) is 22.4 Å². The van der Waals surface area contributed by atoms with Gasteiger partial charge in [-0.25, -0.2) is 9.18 Å². The predicted molar refractivity (Wildman–Crippen MR) is 136 cm³/mol. The zero-order valence-corrected chi connectivity index (χ0v) is 21.3. The van der Waals surface area contributed by atoms with E-state index in [-0.39, 0.29) is 31.4 Å². The number of guanidine groups is 1. The summed E-state index contributed by atoms with van der Waals surface area (Å²) in [5.41, 5.74) is 11.4. The minimum absolute atomic E-state index is 0.0492. The molecule has 0 aromatic heterocycles. The predicted octanol–water partition coefficient (Wildman–Crippen LogP) is 1.01. The van der Waals surface area contributed by atoms with Gasteiger partial charge in [0.1, 0.15) is 25.4 Å².